The van der Waals surface area contributed by atoms with Crippen molar-refractivity contribution in [2.45, 2.75) is 6.42 Å². The normalized spacial score (nSPS) is 19.5. The minimum absolute atomic E-state index is 0.110. The largest absolute Gasteiger partial charge is 0.380 e. The van der Waals surface area contributed by atoms with Gasteiger partial charge in [-0.05, 0) is 6.42 Å². The molecule has 0 aromatic rings. The maximum Gasteiger partial charge on any atom is 0.232 e. The van der Waals surface area contributed by atoms with Crippen molar-refractivity contribution in [3.05, 3.63) is 0 Å². The second kappa shape index (κ2) is 4.62. The topological polar surface area (TPSA) is 29.5 Å². The predicted molar refractivity (Wildman–Crippen MR) is 45.9 cm³/mol. The first kappa shape index (κ1) is 8.87. The summed E-state index contributed by atoms with van der Waals surface area (Å²) in [6, 6.07) is 0. The Labute approximate surface area is 72.1 Å². The van der Waals surface area contributed by atoms with Crippen LogP contribution >= 0.6 is 12.6 Å². The van der Waals surface area contributed by atoms with Crippen LogP contribution in [0.15, 0.2) is 0 Å². The van der Waals surface area contributed by atoms with Crippen molar-refractivity contribution in [3.8, 4) is 0 Å². The van der Waals surface area contributed by atoms with Crippen molar-refractivity contribution in [2.75, 3.05) is 32.1 Å². The molecule has 3 nitrogen and oxygen atoms in total. The monoisotopic (exact) mass is 175 g/mol. The van der Waals surface area contributed by atoms with Crippen LogP contribution in [0.4, 0.5) is 0 Å². The van der Waals surface area contributed by atoms with Crippen molar-refractivity contribution in [3.63, 3.8) is 0 Å². The van der Waals surface area contributed by atoms with E-state index in [9.17, 15) is 4.79 Å². The Hall–Kier alpha value is -0.220. The first-order valence-corrected chi connectivity index (χ1v) is 4.44. The summed E-state index contributed by atoms with van der Waals surface area (Å²) in [4.78, 5) is 12.9. The van der Waals surface area contributed by atoms with Gasteiger partial charge in [-0.3, -0.25) is 4.79 Å². The van der Waals surface area contributed by atoms with Crippen molar-refractivity contribution in [2.24, 2.45) is 0 Å². The maximum absolute atomic E-state index is 11.1. The highest BCUT2D eigenvalue weighted by atomic mass is 32.1. The highest BCUT2D eigenvalue weighted by Crippen LogP contribution is 1.99. The van der Waals surface area contributed by atoms with E-state index in [1.54, 1.807) is 4.90 Å². The molecular formula is C7H13NO2S. The third-order valence-electron chi connectivity index (χ3n) is 1.71. The lowest BCUT2D eigenvalue weighted by Crippen LogP contribution is -2.33. The Bertz CT molecular complexity index is 132. The zero-order valence-corrected chi connectivity index (χ0v) is 7.35. The van der Waals surface area contributed by atoms with Gasteiger partial charge in [0.1, 0.15) is 0 Å². The molecule has 0 spiro atoms. The average Bonchev–Trinajstić information content (AvgIpc) is 2.30. The molecule has 1 amide bonds. The fourth-order valence-corrected chi connectivity index (χ4v) is 1.30. The SMILES string of the molecule is O=C(CS)N1CCCOCC1. The van der Waals surface area contributed by atoms with Gasteiger partial charge in [-0.25, -0.2) is 0 Å². The standard InChI is InChI=1S/C7H13NO2S/c9-7(6-11)8-2-1-4-10-5-3-8/h11H,1-6H2. The lowest BCUT2D eigenvalue weighted by molar-refractivity contribution is -0.128. The van der Waals surface area contributed by atoms with Crippen molar-refractivity contribution in [1.29, 1.82) is 0 Å². The second-order valence-corrected chi connectivity index (χ2v) is 2.82. The van der Waals surface area contributed by atoms with Gasteiger partial charge in [-0.1, -0.05) is 0 Å². The van der Waals surface area contributed by atoms with Crippen molar-refractivity contribution >= 4 is 18.5 Å². The second-order valence-electron chi connectivity index (χ2n) is 2.50. The van der Waals surface area contributed by atoms with Crippen LogP contribution in [0.5, 0.6) is 0 Å². The molecule has 0 unspecified atom stereocenters. The number of amides is 1. The molecule has 0 bridgehead atoms. The van der Waals surface area contributed by atoms with E-state index in [0.717, 1.165) is 26.1 Å². The van der Waals surface area contributed by atoms with Crippen LogP contribution in [0.3, 0.4) is 0 Å². The summed E-state index contributed by atoms with van der Waals surface area (Å²) in [5, 5.41) is 0. The summed E-state index contributed by atoms with van der Waals surface area (Å²) < 4.78 is 5.20. The van der Waals surface area contributed by atoms with Gasteiger partial charge >= 0.3 is 0 Å². The van der Waals surface area contributed by atoms with Crippen molar-refractivity contribution in [1.82, 2.24) is 4.90 Å². The van der Waals surface area contributed by atoms with Gasteiger partial charge in [-0.15, -0.1) is 0 Å². The van der Waals surface area contributed by atoms with Crippen LogP contribution in [0.2, 0.25) is 0 Å². The number of carbonyl (C=O) groups excluding carboxylic acids is 1. The molecule has 0 N–H and O–H groups in total. The summed E-state index contributed by atoms with van der Waals surface area (Å²) in [6.45, 7) is 2.98. The minimum atomic E-state index is 0.110. The molecule has 1 saturated heterocycles. The summed E-state index contributed by atoms with van der Waals surface area (Å²) in [5.41, 5.74) is 0. The Morgan fingerprint density at radius 3 is 3.00 bits per heavy atom. The fourth-order valence-electron chi connectivity index (χ4n) is 1.10. The molecule has 1 rings (SSSR count). The van der Waals surface area contributed by atoms with Gasteiger partial charge in [-0.2, -0.15) is 12.6 Å². The van der Waals surface area contributed by atoms with E-state index in [2.05, 4.69) is 12.6 Å². The predicted octanol–water partition coefficient (Wildman–Crippen LogP) is 0.165. The molecule has 11 heavy (non-hydrogen) atoms. The fraction of sp³-hybridized carbons (Fsp3) is 0.857. The number of thiol groups is 1. The molecule has 0 saturated carbocycles. The lowest BCUT2D eigenvalue weighted by Gasteiger charge is -2.17. The molecule has 64 valence electrons. The van der Waals surface area contributed by atoms with E-state index >= 15 is 0 Å². The van der Waals surface area contributed by atoms with Crippen LogP contribution < -0.4 is 0 Å². The van der Waals surface area contributed by atoms with E-state index in [4.69, 9.17) is 4.74 Å². The number of hydrogen-bond acceptors (Lipinski definition) is 3. The molecule has 1 aliphatic rings. The molecule has 0 aromatic heterocycles. The van der Waals surface area contributed by atoms with E-state index < -0.39 is 0 Å². The third-order valence-corrected chi connectivity index (χ3v) is 1.98. The molecule has 0 atom stereocenters. The summed E-state index contributed by atoms with van der Waals surface area (Å²) >= 11 is 3.93. The molecule has 1 fully saturated rings. The molecule has 0 radical (unpaired) electrons. The first-order valence-electron chi connectivity index (χ1n) is 3.81. The molecular weight excluding hydrogens is 162 g/mol. The van der Waals surface area contributed by atoms with Crippen LogP contribution in [0.1, 0.15) is 6.42 Å². The van der Waals surface area contributed by atoms with Crippen LogP contribution in [0, 0.1) is 0 Å². The number of nitrogens with zero attached hydrogens (tertiary/aromatic N) is 1. The number of ether oxygens (including phenoxy) is 1. The number of rotatable bonds is 1. The summed E-state index contributed by atoms with van der Waals surface area (Å²) in [6.07, 6.45) is 0.944. The minimum Gasteiger partial charge on any atom is -0.380 e. The van der Waals surface area contributed by atoms with Crippen LogP contribution in [-0.2, 0) is 9.53 Å². The maximum atomic E-state index is 11.1. The average molecular weight is 175 g/mol. The number of hydrogen-bond donors (Lipinski definition) is 1. The molecule has 0 aromatic carbocycles. The number of carbonyl (C=O) groups is 1. The van der Waals surface area contributed by atoms with Crippen LogP contribution in [-0.4, -0.2) is 42.9 Å². The smallest absolute Gasteiger partial charge is 0.232 e. The van der Waals surface area contributed by atoms with E-state index in [-0.39, 0.29) is 5.91 Å². The van der Waals surface area contributed by atoms with Crippen molar-refractivity contribution < 1.29 is 9.53 Å². The Morgan fingerprint density at radius 2 is 2.27 bits per heavy atom. The zero-order chi connectivity index (χ0) is 8.10. The van der Waals surface area contributed by atoms with Crippen LogP contribution in [0.25, 0.3) is 0 Å². The van der Waals surface area contributed by atoms with E-state index in [1.807, 2.05) is 0 Å². The quantitative estimate of drug-likeness (QED) is 0.575. The highest BCUT2D eigenvalue weighted by Gasteiger charge is 2.13. The first-order chi connectivity index (χ1) is 5.34. The Kier molecular flexibility index (Phi) is 3.72. The van der Waals surface area contributed by atoms with Gasteiger partial charge in [0.25, 0.3) is 0 Å². The molecule has 4 heteroatoms. The van der Waals surface area contributed by atoms with Gasteiger partial charge in [0, 0.05) is 19.7 Å². The van der Waals surface area contributed by atoms with Gasteiger partial charge < -0.3 is 9.64 Å². The third kappa shape index (κ3) is 2.71. The molecule has 1 heterocycles. The van der Waals surface area contributed by atoms with Gasteiger partial charge in [0.2, 0.25) is 5.91 Å². The summed E-state index contributed by atoms with van der Waals surface area (Å²) in [5.74, 6) is 0.416. The zero-order valence-electron chi connectivity index (χ0n) is 6.45. The lowest BCUT2D eigenvalue weighted by atomic mass is 10.4. The molecule has 0 aliphatic carbocycles. The highest BCUT2D eigenvalue weighted by molar-refractivity contribution is 7.81. The Morgan fingerprint density at radius 1 is 1.45 bits per heavy atom. The summed E-state index contributed by atoms with van der Waals surface area (Å²) in [7, 11) is 0. The van der Waals surface area contributed by atoms with Gasteiger partial charge in [0.05, 0.1) is 12.4 Å². The van der Waals surface area contributed by atoms with E-state index in [0.29, 0.717) is 12.4 Å². The molecule has 1 aliphatic heterocycles. The Balaban J connectivity index is 2.36. The van der Waals surface area contributed by atoms with E-state index in [1.165, 1.54) is 0 Å². The van der Waals surface area contributed by atoms with Gasteiger partial charge in [0.15, 0.2) is 0 Å².